The van der Waals surface area contributed by atoms with E-state index in [9.17, 15) is 18.4 Å². The predicted molar refractivity (Wildman–Crippen MR) is 104 cm³/mol. The van der Waals surface area contributed by atoms with E-state index in [4.69, 9.17) is 4.42 Å². The predicted octanol–water partition coefficient (Wildman–Crippen LogP) is 4.30. The summed E-state index contributed by atoms with van der Waals surface area (Å²) < 4.78 is 45.5. The number of pyridine rings is 1. The first kappa shape index (κ1) is 20.5. The average molecular weight is 426 g/mol. The Morgan fingerprint density at radius 2 is 2.03 bits per heavy atom. The van der Waals surface area contributed by atoms with Crippen molar-refractivity contribution >= 4 is 5.65 Å². The molecule has 4 aromatic heterocycles. The standard InChI is InChI=1S/C21H17F3N6O/c1-2-4-15-16(27-11-30-10-14(29-20(15)30)8-21(22,23)24)7-17-19(28-12-31-17)18-13(9-25)5-3-6-26-18/h3,5-6,10-12H,2,4,7-8H2,1H3. The Hall–Kier alpha value is -3.74. The van der Waals surface area contributed by atoms with Crippen LogP contribution in [0.1, 0.15) is 41.6 Å². The second kappa shape index (κ2) is 8.18. The molecule has 0 saturated heterocycles. The lowest BCUT2D eigenvalue weighted by molar-refractivity contribution is -0.127. The van der Waals surface area contributed by atoms with Gasteiger partial charge in [-0.1, -0.05) is 13.3 Å². The van der Waals surface area contributed by atoms with Crippen molar-refractivity contribution in [1.82, 2.24) is 24.3 Å². The highest BCUT2D eigenvalue weighted by Crippen LogP contribution is 2.28. The Kier molecular flexibility index (Phi) is 5.42. The first-order chi connectivity index (χ1) is 14.9. The van der Waals surface area contributed by atoms with Crippen LogP contribution in [0.4, 0.5) is 13.2 Å². The minimum Gasteiger partial charge on any atom is -0.447 e. The van der Waals surface area contributed by atoms with Crippen molar-refractivity contribution in [3.05, 3.63) is 65.5 Å². The molecule has 4 heterocycles. The van der Waals surface area contributed by atoms with Crippen molar-refractivity contribution < 1.29 is 17.6 Å². The Labute approximate surface area is 175 Å². The largest absolute Gasteiger partial charge is 0.447 e. The zero-order valence-electron chi connectivity index (χ0n) is 16.5. The topological polar surface area (TPSA) is 92.9 Å². The number of aryl methyl sites for hydroxylation is 1. The number of nitrogens with zero attached hydrogens (tertiary/aromatic N) is 6. The minimum atomic E-state index is -4.34. The molecule has 158 valence electrons. The molecule has 0 aromatic carbocycles. The molecule has 0 amide bonds. The highest BCUT2D eigenvalue weighted by atomic mass is 19.4. The Balaban J connectivity index is 1.75. The van der Waals surface area contributed by atoms with Gasteiger partial charge in [0, 0.05) is 18.0 Å². The van der Waals surface area contributed by atoms with Crippen LogP contribution in [-0.4, -0.2) is 30.5 Å². The molecule has 0 aliphatic rings. The Bertz CT molecular complexity index is 1270. The van der Waals surface area contributed by atoms with Crippen molar-refractivity contribution in [1.29, 1.82) is 5.26 Å². The van der Waals surface area contributed by atoms with Gasteiger partial charge in [0.15, 0.2) is 6.39 Å². The van der Waals surface area contributed by atoms with Crippen LogP contribution in [0.25, 0.3) is 17.0 Å². The third-order valence-corrected chi connectivity index (χ3v) is 4.74. The van der Waals surface area contributed by atoms with E-state index in [1.54, 1.807) is 18.3 Å². The SMILES string of the molecule is CCCc1c(Cc2ocnc2-c2ncccc2C#N)ncn2cc(CC(F)(F)F)nc12. The summed E-state index contributed by atoms with van der Waals surface area (Å²) in [6, 6.07) is 5.39. The number of aromatic nitrogens is 5. The van der Waals surface area contributed by atoms with Crippen LogP contribution >= 0.6 is 0 Å². The van der Waals surface area contributed by atoms with Crippen LogP contribution in [0.15, 0.2) is 41.7 Å². The third-order valence-electron chi connectivity index (χ3n) is 4.74. The molecule has 0 saturated carbocycles. The van der Waals surface area contributed by atoms with Crippen LogP contribution < -0.4 is 0 Å². The molecular formula is C21H17F3N6O. The molecule has 0 bridgehead atoms. The maximum atomic E-state index is 12.8. The monoisotopic (exact) mass is 426 g/mol. The Morgan fingerprint density at radius 3 is 2.77 bits per heavy atom. The summed E-state index contributed by atoms with van der Waals surface area (Å²) in [5.74, 6) is 0.464. The van der Waals surface area contributed by atoms with E-state index in [1.807, 2.05) is 6.92 Å². The summed E-state index contributed by atoms with van der Waals surface area (Å²) in [5, 5.41) is 9.36. The first-order valence-corrected chi connectivity index (χ1v) is 9.58. The summed E-state index contributed by atoms with van der Waals surface area (Å²) in [5.41, 5.74) is 2.97. The summed E-state index contributed by atoms with van der Waals surface area (Å²) in [6.45, 7) is 1.97. The Morgan fingerprint density at radius 1 is 1.19 bits per heavy atom. The zero-order chi connectivity index (χ0) is 22.0. The van der Waals surface area contributed by atoms with Gasteiger partial charge in [0.2, 0.25) is 0 Å². The second-order valence-corrected chi connectivity index (χ2v) is 6.99. The molecule has 0 spiro atoms. The molecule has 7 nitrogen and oxygen atoms in total. The normalized spacial score (nSPS) is 11.7. The van der Waals surface area contributed by atoms with Gasteiger partial charge in [-0.25, -0.2) is 15.0 Å². The average Bonchev–Trinajstić information content (AvgIpc) is 3.35. The van der Waals surface area contributed by atoms with E-state index in [0.717, 1.165) is 12.0 Å². The number of halogens is 3. The second-order valence-electron chi connectivity index (χ2n) is 6.99. The number of alkyl halides is 3. The fraction of sp³-hybridized carbons (Fsp3) is 0.286. The first-order valence-electron chi connectivity index (χ1n) is 9.58. The summed E-state index contributed by atoms with van der Waals surface area (Å²) in [4.78, 5) is 17.1. The molecule has 10 heteroatoms. The summed E-state index contributed by atoms with van der Waals surface area (Å²) >= 11 is 0. The lowest BCUT2D eigenvalue weighted by Gasteiger charge is -2.09. The maximum absolute atomic E-state index is 12.8. The fourth-order valence-electron chi connectivity index (χ4n) is 3.47. The number of hydrogen-bond donors (Lipinski definition) is 0. The van der Waals surface area contributed by atoms with Gasteiger partial charge in [-0.2, -0.15) is 18.4 Å². The smallest absolute Gasteiger partial charge is 0.394 e. The number of imidazole rings is 1. The van der Waals surface area contributed by atoms with Gasteiger partial charge in [0.1, 0.15) is 35.2 Å². The molecule has 0 aliphatic carbocycles. The molecule has 4 aromatic rings. The number of hydrogen-bond acceptors (Lipinski definition) is 6. The van der Waals surface area contributed by atoms with Crippen molar-refractivity contribution in [2.75, 3.05) is 0 Å². The zero-order valence-corrected chi connectivity index (χ0v) is 16.5. The number of fused-ring (bicyclic) bond motifs is 1. The molecule has 0 fully saturated rings. The summed E-state index contributed by atoms with van der Waals surface area (Å²) in [7, 11) is 0. The van der Waals surface area contributed by atoms with Crippen LogP contribution in [0, 0.1) is 11.3 Å². The van der Waals surface area contributed by atoms with Crippen LogP contribution in [0.2, 0.25) is 0 Å². The van der Waals surface area contributed by atoms with E-state index >= 15 is 0 Å². The maximum Gasteiger partial charge on any atom is 0.394 e. The van der Waals surface area contributed by atoms with Crippen molar-refractivity contribution in [2.45, 2.75) is 38.8 Å². The van der Waals surface area contributed by atoms with E-state index < -0.39 is 12.6 Å². The molecule has 4 rings (SSSR count). The van der Waals surface area contributed by atoms with Gasteiger partial charge < -0.3 is 4.42 Å². The molecule has 0 unspecified atom stereocenters. The van der Waals surface area contributed by atoms with Crippen molar-refractivity contribution in [3.63, 3.8) is 0 Å². The van der Waals surface area contributed by atoms with Gasteiger partial charge in [0.25, 0.3) is 0 Å². The van der Waals surface area contributed by atoms with E-state index in [2.05, 4.69) is 26.0 Å². The quantitative estimate of drug-likeness (QED) is 0.456. The molecule has 0 atom stereocenters. The van der Waals surface area contributed by atoms with Crippen LogP contribution in [0.5, 0.6) is 0 Å². The third kappa shape index (κ3) is 4.26. The van der Waals surface area contributed by atoms with Crippen molar-refractivity contribution in [2.24, 2.45) is 0 Å². The van der Waals surface area contributed by atoms with Gasteiger partial charge in [-0.15, -0.1) is 0 Å². The van der Waals surface area contributed by atoms with E-state index in [-0.39, 0.29) is 12.1 Å². The fourth-order valence-corrected chi connectivity index (χ4v) is 3.47. The van der Waals surface area contributed by atoms with Gasteiger partial charge >= 0.3 is 6.18 Å². The lowest BCUT2D eigenvalue weighted by atomic mass is 10.0. The highest BCUT2D eigenvalue weighted by Gasteiger charge is 2.29. The number of nitriles is 1. The number of oxazole rings is 1. The van der Waals surface area contributed by atoms with Crippen molar-refractivity contribution in [3.8, 4) is 17.5 Å². The molecular weight excluding hydrogens is 409 g/mol. The molecule has 31 heavy (non-hydrogen) atoms. The van der Waals surface area contributed by atoms with E-state index in [1.165, 1.54) is 23.3 Å². The van der Waals surface area contributed by atoms with Gasteiger partial charge in [-0.3, -0.25) is 9.38 Å². The molecule has 0 radical (unpaired) electrons. The van der Waals surface area contributed by atoms with Gasteiger partial charge in [0.05, 0.1) is 29.8 Å². The number of rotatable bonds is 6. The minimum absolute atomic E-state index is 0.0590. The molecule has 0 N–H and O–H groups in total. The highest BCUT2D eigenvalue weighted by molar-refractivity contribution is 5.65. The van der Waals surface area contributed by atoms with E-state index in [0.29, 0.717) is 40.5 Å². The lowest BCUT2D eigenvalue weighted by Crippen LogP contribution is -2.11. The van der Waals surface area contributed by atoms with Crippen LogP contribution in [0.3, 0.4) is 0 Å². The summed E-state index contributed by atoms with van der Waals surface area (Å²) in [6.07, 6.45) is 1.80. The van der Waals surface area contributed by atoms with Crippen LogP contribution in [-0.2, 0) is 19.3 Å². The molecule has 0 aliphatic heterocycles. The van der Waals surface area contributed by atoms with Gasteiger partial charge in [-0.05, 0) is 18.6 Å².